The topological polar surface area (TPSA) is 65.6 Å². The quantitative estimate of drug-likeness (QED) is 0.759. The number of piperazine rings is 1. The first-order valence-corrected chi connectivity index (χ1v) is 10.7. The van der Waals surface area contributed by atoms with Crippen LogP contribution in [0, 0.1) is 0 Å². The van der Waals surface area contributed by atoms with E-state index in [1.54, 1.807) is 7.11 Å². The number of amides is 1. The Bertz CT molecular complexity index is 952. The number of fused-ring (bicyclic) bond motifs is 1. The molecule has 164 valence electrons. The second-order valence-corrected chi connectivity index (χ2v) is 7.87. The van der Waals surface area contributed by atoms with Gasteiger partial charge in [0.25, 0.3) is 5.56 Å². The number of nitrogens with zero attached hydrogens (tertiary/aromatic N) is 2. The van der Waals surface area contributed by atoms with Crippen LogP contribution in [0.2, 0.25) is 0 Å². The van der Waals surface area contributed by atoms with E-state index in [4.69, 9.17) is 4.74 Å². The number of anilines is 1. The maximum atomic E-state index is 12.3. The van der Waals surface area contributed by atoms with Crippen LogP contribution in [0.3, 0.4) is 0 Å². The Labute approximate surface area is 179 Å². The molecule has 1 aliphatic rings. The van der Waals surface area contributed by atoms with Gasteiger partial charge in [-0.05, 0) is 38.0 Å². The van der Waals surface area contributed by atoms with Crippen molar-refractivity contribution in [3.05, 3.63) is 46.8 Å². The minimum absolute atomic E-state index is 0.0377. The first kappa shape index (κ1) is 23.5. The molecular weight excluding hydrogens is 378 g/mol. The fourth-order valence-corrected chi connectivity index (χ4v) is 4.14. The summed E-state index contributed by atoms with van der Waals surface area (Å²) in [6.45, 7) is 17.1. The lowest BCUT2D eigenvalue weighted by Gasteiger charge is -2.45. The lowest BCUT2D eigenvalue weighted by Crippen LogP contribution is -2.58. The molecule has 0 aliphatic carbocycles. The van der Waals surface area contributed by atoms with E-state index < -0.39 is 0 Å². The van der Waals surface area contributed by atoms with Crippen molar-refractivity contribution in [3.8, 4) is 5.75 Å². The molecule has 1 amide bonds. The molecular formula is C24H35N3O3. The molecule has 6 nitrogen and oxygen atoms in total. The number of methoxy groups -OCH3 is 1. The zero-order valence-electron chi connectivity index (χ0n) is 19.3. The van der Waals surface area contributed by atoms with Crippen LogP contribution < -0.4 is 15.2 Å². The first-order chi connectivity index (χ1) is 14.3. The Morgan fingerprint density at radius 1 is 1.20 bits per heavy atom. The molecule has 1 N–H and O–H groups in total. The summed E-state index contributed by atoms with van der Waals surface area (Å²) in [7, 11) is 1.63. The molecule has 2 aromatic rings. The second kappa shape index (κ2) is 9.83. The van der Waals surface area contributed by atoms with Crippen LogP contribution in [-0.2, 0) is 4.79 Å². The number of rotatable bonds is 4. The number of aromatic nitrogens is 1. The number of carbonyl (C=O) groups excluding carboxylic acids is 1. The van der Waals surface area contributed by atoms with Gasteiger partial charge in [0.15, 0.2) is 0 Å². The summed E-state index contributed by atoms with van der Waals surface area (Å²) in [4.78, 5) is 31.6. The summed E-state index contributed by atoms with van der Waals surface area (Å²) < 4.78 is 5.63. The number of pyridine rings is 1. The van der Waals surface area contributed by atoms with E-state index in [-0.39, 0.29) is 29.5 Å². The van der Waals surface area contributed by atoms with Crippen molar-refractivity contribution < 1.29 is 9.53 Å². The molecule has 0 spiro atoms. The number of carbonyl (C=O) groups is 1. The Morgan fingerprint density at radius 3 is 2.30 bits per heavy atom. The summed E-state index contributed by atoms with van der Waals surface area (Å²) in [5, 5.41) is 0.976. The Morgan fingerprint density at radius 2 is 1.80 bits per heavy atom. The van der Waals surface area contributed by atoms with E-state index in [9.17, 15) is 9.59 Å². The molecule has 1 aliphatic heterocycles. The fraction of sp³-hybridized carbons (Fsp3) is 0.500. The van der Waals surface area contributed by atoms with Gasteiger partial charge in [0.1, 0.15) is 5.75 Å². The molecule has 1 aromatic carbocycles. The Balaban J connectivity index is 0.00000155. The van der Waals surface area contributed by atoms with Crippen molar-refractivity contribution in [2.45, 2.75) is 59.5 Å². The minimum atomic E-state index is -0.0592. The van der Waals surface area contributed by atoms with Gasteiger partial charge in [-0.25, -0.2) is 0 Å². The fourth-order valence-electron chi connectivity index (χ4n) is 4.14. The van der Waals surface area contributed by atoms with Gasteiger partial charge in [0, 0.05) is 42.2 Å². The van der Waals surface area contributed by atoms with Crippen molar-refractivity contribution in [1.82, 2.24) is 9.88 Å². The van der Waals surface area contributed by atoms with Crippen molar-refractivity contribution in [2.75, 3.05) is 25.1 Å². The van der Waals surface area contributed by atoms with Crippen molar-refractivity contribution >= 4 is 22.5 Å². The summed E-state index contributed by atoms with van der Waals surface area (Å²) >= 11 is 0. The predicted octanol–water partition coefficient (Wildman–Crippen LogP) is 4.30. The minimum Gasteiger partial charge on any atom is -0.495 e. The van der Waals surface area contributed by atoms with E-state index in [2.05, 4.69) is 22.5 Å². The third-order valence-electron chi connectivity index (χ3n) is 5.48. The standard InChI is InChI=1S/C22H29N3O3.C2H6/c1-7-21(26)25-14(4)11-24(12-15(25)5)19-9-16-8-17(13(2)3)22(27)23-18(16)10-20(19)28-6;1-2/h7-10,13-15H,1,11-12H2,2-6H3,(H,23,27);1-2H3. The summed E-state index contributed by atoms with van der Waals surface area (Å²) in [5.74, 6) is 0.819. The highest BCUT2D eigenvalue weighted by atomic mass is 16.5. The summed E-state index contributed by atoms with van der Waals surface area (Å²) in [6.07, 6.45) is 1.38. The zero-order chi connectivity index (χ0) is 22.6. The van der Waals surface area contributed by atoms with Crippen LogP contribution >= 0.6 is 0 Å². The monoisotopic (exact) mass is 413 g/mol. The lowest BCUT2D eigenvalue weighted by molar-refractivity contribution is -0.130. The molecule has 6 heteroatoms. The number of H-pyrrole nitrogens is 1. The molecule has 2 heterocycles. The molecule has 30 heavy (non-hydrogen) atoms. The predicted molar refractivity (Wildman–Crippen MR) is 125 cm³/mol. The third-order valence-corrected chi connectivity index (χ3v) is 5.48. The van der Waals surface area contributed by atoms with Crippen LogP contribution in [0.5, 0.6) is 5.75 Å². The summed E-state index contributed by atoms with van der Waals surface area (Å²) in [6, 6.07) is 6.02. The second-order valence-electron chi connectivity index (χ2n) is 7.87. The molecule has 1 aromatic heterocycles. The van der Waals surface area contributed by atoms with Crippen LogP contribution in [0.15, 0.2) is 35.6 Å². The lowest BCUT2D eigenvalue weighted by atomic mass is 10.0. The van der Waals surface area contributed by atoms with Gasteiger partial charge in [-0.2, -0.15) is 0 Å². The maximum Gasteiger partial charge on any atom is 0.251 e. The van der Waals surface area contributed by atoms with Gasteiger partial charge in [0.2, 0.25) is 5.91 Å². The SMILES string of the molecule is C=CC(=O)N1C(C)CN(c2cc3cc(C(C)C)c(=O)[nH]c3cc2OC)CC1C.CC. The average molecular weight is 414 g/mol. The molecule has 1 saturated heterocycles. The van der Waals surface area contributed by atoms with E-state index in [0.717, 1.165) is 22.2 Å². The van der Waals surface area contributed by atoms with Crippen molar-refractivity contribution in [2.24, 2.45) is 0 Å². The van der Waals surface area contributed by atoms with E-state index in [1.807, 2.05) is 58.6 Å². The molecule has 2 unspecified atom stereocenters. The van der Waals surface area contributed by atoms with Crippen LogP contribution in [0.4, 0.5) is 5.69 Å². The number of aromatic amines is 1. The highest BCUT2D eigenvalue weighted by molar-refractivity contribution is 5.88. The van der Waals surface area contributed by atoms with E-state index in [0.29, 0.717) is 18.8 Å². The normalized spacial score (nSPS) is 18.8. The molecule has 0 radical (unpaired) electrons. The molecule has 0 bridgehead atoms. The largest absolute Gasteiger partial charge is 0.495 e. The maximum absolute atomic E-state index is 12.3. The highest BCUT2D eigenvalue weighted by Gasteiger charge is 2.32. The first-order valence-electron chi connectivity index (χ1n) is 10.7. The zero-order valence-corrected chi connectivity index (χ0v) is 19.3. The number of benzene rings is 1. The van der Waals surface area contributed by atoms with Gasteiger partial charge >= 0.3 is 0 Å². The Hall–Kier alpha value is -2.76. The van der Waals surface area contributed by atoms with Gasteiger partial charge in [0.05, 0.1) is 18.3 Å². The van der Waals surface area contributed by atoms with Gasteiger partial charge in [-0.3, -0.25) is 9.59 Å². The molecule has 3 rings (SSSR count). The van der Waals surface area contributed by atoms with Gasteiger partial charge < -0.3 is 19.5 Å². The Kier molecular flexibility index (Phi) is 7.71. The van der Waals surface area contributed by atoms with E-state index >= 15 is 0 Å². The van der Waals surface area contributed by atoms with Crippen LogP contribution in [0.25, 0.3) is 10.9 Å². The third kappa shape index (κ3) is 4.53. The number of ether oxygens (including phenoxy) is 1. The van der Waals surface area contributed by atoms with Gasteiger partial charge in [-0.1, -0.05) is 34.3 Å². The summed E-state index contributed by atoms with van der Waals surface area (Å²) in [5.41, 5.74) is 2.44. The highest BCUT2D eigenvalue weighted by Crippen LogP contribution is 2.35. The number of nitrogens with one attached hydrogen (secondary N) is 1. The molecule has 1 fully saturated rings. The van der Waals surface area contributed by atoms with Gasteiger partial charge in [-0.15, -0.1) is 0 Å². The van der Waals surface area contributed by atoms with Crippen LogP contribution in [-0.4, -0.2) is 48.1 Å². The smallest absolute Gasteiger partial charge is 0.251 e. The van der Waals surface area contributed by atoms with Crippen molar-refractivity contribution in [1.29, 1.82) is 0 Å². The van der Waals surface area contributed by atoms with E-state index in [1.165, 1.54) is 6.08 Å². The molecule has 2 atom stereocenters. The number of hydrogen-bond acceptors (Lipinski definition) is 4. The van der Waals surface area contributed by atoms with Crippen LogP contribution in [0.1, 0.15) is 53.0 Å². The van der Waals surface area contributed by atoms with Crippen molar-refractivity contribution in [3.63, 3.8) is 0 Å². The molecule has 0 saturated carbocycles. The number of hydrogen-bond donors (Lipinski definition) is 1. The average Bonchev–Trinajstić information content (AvgIpc) is 2.72.